The van der Waals surface area contributed by atoms with Crippen LogP contribution in [0.1, 0.15) is 0 Å². The molecule has 0 aliphatic carbocycles. The third-order valence-corrected chi connectivity index (χ3v) is 4.49. The minimum absolute atomic E-state index is 0.891. The Kier molecular flexibility index (Phi) is 2.83. The van der Waals surface area contributed by atoms with Gasteiger partial charge >= 0.3 is 0 Å². The van der Waals surface area contributed by atoms with Crippen molar-refractivity contribution in [3.8, 4) is 17.0 Å². The highest BCUT2D eigenvalue weighted by molar-refractivity contribution is 6.10. The maximum Gasteiger partial charge on any atom is 0.133 e. The minimum Gasteiger partial charge on any atom is -0.464 e. The fourth-order valence-electron chi connectivity index (χ4n) is 3.42. The fourth-order valence-corrected chi connectivity index (χ4v) is 3.42. The average Bonchev–Trinajstić information content (AvgIpc) is 3.28. The molecule has 5 rings (SSSR count). The first-order chi connectivity index (χ1) is 11.9. The number of benzene rings is 3. The summed E-state index contributed by atoms with van der Waals surface area (Å²) in [6.45, 7) is 0. The summed E-state index contributed by atoms with van der Waals surface area (Å²) in [4.78, 5) is 0. The molecule has 0 atom stereocenters. The number of hydrogen-bond donors (Lipinski definition) is 0. The predicted octanol–water partition coefficient (Wildman–Crippen LogP) is 6.04. The predicted molar refractivity (Wildman–Crippen MR) is 98.5 cm³/mol. The SMILES string of the molecule is c1ccc(-n2c3ccccc3c3ccc(-c4ccco4)cc32)cc1. The van der Waals surface area contributed by atoms with E-state index in [-0.39, 0.29) is 0 Å². The van der Waals surface area contributed by atoms with Crippen LogP contribution in [0.25, 0.3) is 38.8 Å². The van der Waals surface area contributed by atoms with Crippen LogP contribution in [0.5, 0.6) is 0 Å². The van der Waals surface area contributed by atoms with Crippen molar-refractivity contribution in [3.05, 3.63) is 91.2 Å². The maximum absolute atomic E-state index is 5.58. The minimum atomic E-state index is 0.891. The van der Waals surface area contributed by atoms with Crippen molar-refractivity contribution in [3.63, 3.8) is 0 Å². The quantitative estimate of drug-likeness (QED) is 0.388. The molecule has 2 aromatic heterocycles. The molecule has 5 aromatic rings. The molecule has 0 aliphatic heterocycles. The van der Waals surface area contributed by atoms with Crippen LogP contribution in [0.15, 0.2) is 95.6 Å². The Morgan fingerprint density at radius 2 is 1.42 bits per heavy atom. The normalized spacial score (nSPS) is 11.3. The molecule has 3 aromatic carbocycles. The van der Waals surface area contributed by atoms with Gasteiger partial charge in [0.2, 0.25) is 0 Å². The molecular formula is C22H15NO. The largest absolute Gasteiger partial charge is 0.464 e. The van der Waals surface area contributed by atoms with Crippen LogP contribution >= 0.6 is 0 Å². The Balaban J connectivity index is 1.91. The van der Waals surface area contributed by atoms with Gasteiger partial charge in [-0.05, 0) is 36.4 Å². The van der Waals surface area contributed by atoms with Crippen molar-refractivity contribution in [1.29, 1.82) is 0 Å². The van der Waals surface area contributed by atoms with Crippen LogP contribution in [0.4, 0.5) is 0 Å². The van der Waals surface area contributed by atoms with Gasteiger partial charge in [-0.2, -0.15) is 0 Å². The molecule has 0 amide bonds. The lowest BCUT2D eigenvalue weighted by atomic mass is 10.1. The number of furan rings is 1. The smallest absolute Gasteiger partial charge is 0.133 e. The highest BCUT2D eigenvalue weighted by Crippen LogP contribution is 2.34. The summed E-state index contributed by atoms with van der Waals surface area (Å²) in [6, 6.07) is 29.5. The van der Waals surface area contributed by atoms with E-state index in [2.05, 4.69) is 71.3 Å². The van der Waals surface area contributed by atoms with Crippen molar-refractivity contribution in [2.24, 2.45) is 0 Å². The van der Waals surface area contributed by atoms with Gasteiger partial charge in [0.1, 0.15) is 5.76 Å². The molecule has 0 saturated heterocycles. The fraction of sp³-hybridized carbons (Fsp3) is 0. The summed E-state index contributed by atoms with van der Waals surface area (Å²) in [7, 11) is 0. The Morgan fingerprint density at radius 1 is 0.625 bits per heavy atom. The van der Waals surface area contributed by atoms with Crippen molar-refractivity contribution >= 4 is 21.8 Å². The van der Waals surface area contributed by atoms with Crippen LogP contribution in [0, 0.1) is 0 Å². The second kappa shape index (κ2) is 5.14. The molecule has 0 spiro atoms. The zero-order valence-corrected chi connectivity index (χ0v) is 13.0. The van der Waals surface area contributed by atoms with E-state index >= 15 is 0 Å². The molecule has 0 bridgehead atoms. The zero-order chi connectivity index (χ0) is 15.9. The lowest BCUT2D eigenvalue weighted by Gasteiger charge is -2.08. The molecule has 2 heterocycles. The van der Waals surface area contributed by atoms with Crippen molar-refractivity contribution in [2.75, 3.05) is 0 Å². The second-order valence-corrected chi connectivity index (χ2v) is 5.90. The van der Waals surface area contributed by atoms with Crippen molar-refractivity contribution in [1.82, 2.24) is 4.57 Å². The standard InChI is InChI=1S/C22H15NO/c1-2-7-17(8-3-1)23-20-10-5-4-9-18(20)19-13-12-16(15-21(19)23)22-11-6-14-24-22/h1-15H. The number of para-hydroxylation sites is 2. The van der Waals surface area contributed by atoms with E-state index in [1.165, 1.54) is 27.5 Å². The third kappa shape index (κ3) is 1.90. The molecular weight excluding hydrogens is 294 g/mol. The first-order valence-electron chi connectivity index (χ1n) is 8.04. The average molecular weight is 309 g/mol. The van der Waals surface area contributed by atoms with Gasteiger partial charge in [-0.25, -0.2) is 0 Å². The first kappa shape index (κ1) is 13.2. The maximum atomic E-state index is 5.58. The highest BCUT2D eigenvalue weighted by Gasteiger charge is 2.13. The summed E-state index contributed by atoms with van der Waals surface area (Å²) in [5, 5.41) is 2.52. The summed E-state index contributed by atoms with van der Waals surface area (Å²) in [6.07, 6.45) is 1.71. The van der Waals surface area contributed by atoms with Crippen LogP contribution in [-0.2, 0) is 0 Å². The van der Waals surface area contributed by atoms with Crippen LogP contribution in [0.3, 0.4) is 0 Å². The second-order valence-electron chi connectivity index (χ2n) is 5.90. The van der Waals surface area contributed by atoms with Gasteiger partial charge in [-0.3, -0.25) is 0 Å². The lowest BCUT2D eigenvalue weighted by Crippen LogP contribution is -1.93. The molecule has 0 radical (unpaired) electrons. The van der Waals surface area contributed by atoms with Gasteiger partial charge in [0.05, 0.1) is 17.3 Å². The van der Waals surface area contributed by atoms with Crippen molar-refractivity contribution in [2.45, 2.75) is 0 Å². The van der Waals surface area contributed by atoms with E-state index in [1.54, 1.807) is 6.26 Å². The van der Waals surface area contributed by atoms with Crippen LogP contribution in [-0.4, -0.2) is 4.57 Å². The Labute approximate surface area is 139 Å². The van der Waals surface area contributed by atoms with Gasteiger partial charge in [0.15, 0.2) is 0 Å². The molecule has 0 unspecified atom stereocenters. The Bertz CT molecular complexity index is 1130. The first-order valence-corrected chi connectivity index (χ1v) is 8.04. The van der Waals surface area contributed by atoms with E-state index in [1.807, 2.05) is 18.2 Å². The third-order valence-electron chi connectivity index (χ3n) is 4.49. The number of rotatable bonds is 2. The summed E-state index contributed by atoms with van der Waals surface area (Å²) >= 11 is 0. The highest BCUT2D eigenvalue weighted by atomic mass is 16.3. The number of hydrogen-bond acceptors (Lipinski definition) is 1. The van der Waals surface area contributed by atoms with Crippen LogP contribution in [0.2, 0.25) is 0 Å². The molecule has 0 saturated carbocycles. The van der Waals surface area contributed by atoms with Crippen molar-refractivity contribution < 1.29 is 4.42 Å². The summed E-state index contributed by atoms with van der Waals surface area (Å²) < 4.78 is 7.90. The van der Waals surface area contributed by atoms with Gasteiger partial charge in [-0.15, -0.1) is 0 Å². The summed E-state index contributed by atoms with van der Waals surface area (Å²) in [5.41, 5.74) is 4.67. The van der Waals surface area contributed by atoms with Crippen LogP contribution < -0.4 is 0 Å². The van der Waals surface area contributed by atoms with E-state index in [9.17, 15) is 0 Å². The van der Waals surface area contributed by atoms with Gasteiger partial charge in [0, 0.05) is 22.0 Å². The molecule has 0 fully saturated rings. The Hall–Kier alpha value is -3.26. The van der Waals surface area contributed by atoms with Gasteiger partial charge < -0.3 is 8.98 Å². The molecule has 24 heavy (non-hydrogen) atoms. The van der Waals surface area contributed by atoms with E-state index in [4.69, 9.17) is 4.42 Å². The lowest BCUT2D eigenvalue weighted by molar-refractivity contribution is 0.582. The van der Waals surface area contributed by atoms with E-state index in [0.717, 1.165) is 11.3 Å². The number of nitrogens with zero attached hydrogens (tertiary/aromatic N) is 1. The zero-order valence-electron chi connectivity index (χ0n) is 13.0. The summed E-state index contributed by atoms with van der Waals surface area (Å²) in [5.74, 6) is 0.891. The topological polar surface area (TPSA) is 18.1 Å². The van der Waals surface area contributed by atoms with Gasteiger partial charge in [0.25, 0.3) is 0 Å². The number of fused-ring (bicyclic) bond motifs is 3. The number of aromatic nitrogens is 1. The molecule has 2 heteroatoms. The van der Waals surface area contributed by atoms with Gasteiger partial charge in [-0.1, -0.05) is 48.5 Å². The van der Waals surface area contributed by atoms with E-state index < -0.39 is 0 Å². The molecule has 0 aliphatic rings. The Morgan fingerprint density at radius 3 is 2.25 bits per heavy atom. The molecule has 0 N–H and O–H groups in total. The monoisotopic (exact) mass is 309 g/mol. The molecule has 114 valence electrons. The van der Waals surface area contributed by atoms with E-state index in [0.29, 0.717) is 0 Å². The molecule has 2 nitrogen and oxygen atoms in total.